The van der Waals surface area contributed by atoms with E-state index in [1.54, 1.807) is 30.3 Å². The fourth-order valence-corrected chi connectivity index (χ4v) is 4.24. The average Bonchev–Trinajstić information content (AvgIpc) is 3.29. The molecule has 0 unspecified atom stereocenters. The number of alkyl halides is 3. The van der Waals surface area contributed by atoms with Gasteiger partial charge in [0.05, 0.1) is 24.9 Å². The van der Waals surface area contributed by atoms with Gasteiger partial charge in [-0.1, -0.05) is 48.2 Å². The molecule has 0 aliphatic rings. The molecular weight excluding hydrogens is 477 g/mol. The Morgan fingerprint density at radius 2 is 1.74 bits per heavy atom. The van der Waals surface area contributed by atoms with Crippen LogP contribution in [0.5, 0.6) is 5.75 Å². The Morgan fingerprint density at radius 1 is 1.00 bits per heavy atom. The molecule has 0 saturated carbocycles. The van der Waals surface area contributed by atoms with Gasteiger partial charge in [0.15, 0.2) is 11.0 Å². The Kier molecular flexibility index (Phi) is 7.40. The van der Waals surface area contributed by atoms with E-state index in [1.807, 2.05) is 30.3 Å². The standard InChI is InChI=1S/C25H21F3N4O2S/c1-34-21-12-10-18(11-13-21)23(33)29-15-22-30-31-24(35-16-17-6-3-2-4-7-17)32(22)20-9-5-8-19(14-20)25(26,27)28/h2-14H,15-16H2,1H3,(H,29,33). The van der Waals surface area contributed by atoms with E-state index in [0.717, 1.165) is 17.7 Å². The number of methoxy groups -OCH3 is 1. The van der Waals surface area contributed by atoms with Gasteiger partial charge in [0.25, 0.3) is 5.91 Å². The lowest BCUT2D eigenvalue weighted by molar-refractivity contribution is -0.137. The second-order valence-electron chi connectivity index (χ2n) is 7.47. The summed E-state index contributed by atoms with van der Waals surface area (Å²) >= 11 is 1.35. The number of hydrogen-bond acceptors (Lipinski definition) is 5. The highest BCUT2D eigenvalue weighted by Gasteiger charge is 2.31. The second kappa shape index (κ2) is 10.6. The molecule has 6 nitrogen and oxygen atoms in total. The third kappa shape index (κ3) is 6.02. The fourth-order valence-electron chi connectivity index (χ4n) is 3.31. The highest BCUT2D eigenvalue weighted by Crippen LogP contribution is 2.32. The van der Waals surface area contributed by atoms with E-state index in [0.29, 0.717) is 28.0 Å². The van der Waals surface area contributed by atoms with Gasteiger partial charge in [-0.25, -0.2) is 0 Å². The number of carbonyl (C=O) groups excluding carboxylic acids is 1. The van der Waals surface area contributed by atoms with Crippen molar-refractivity contribution in [3.05, 3.63) is 101 Å². The summed E-state index contributed by atoms with van der Waals surface area (Å²) in [5, 5.41) is 11.5. The minimum absolute atomic E-state index is 0.0278. The lowest BCUT2D eigenvalue weighted by Crippen LogP contribution is -2.24. The summed E-state index contributed by atoms with van der Waals surface area (Å²) in [5.41, 5.74) is 0.921. The molecule has 4 rings (SSSR count). The van der Waals surface area contributed by atoms with Crippen LogP contribution in [0, 0.1) is 0 Å². The van der Waals surface area contributed by atoms with Gasteiger partial charge in [0.2, 0.25) is 0 Å². The van der Waals surface area contributed by atoms with E-state index in [1.165, 1.54) is 29.5 Å². The minimum atomic E-state index is -4.50. The molecule has 0 fully saturated rings. The Hall–Kier alpha value is -3.79. The molecule has 1 N–H and O–H groups in total. The van der Waals surface area contributed by atoms with Crippen LogP contribution in [-0.4, -0.2) is 27.8 Å². The summed E-state index contributed by atoms with van der Waals surface area (Å²) in [4.78, 5) is 12.6. The molecule has 3 aromatic carbocycles. The molecule has 0 saturated heterocycles. The molecular formula is C25H21F3N4O2S. The van der Waals surface area contributed by atoms with Crippen LogP contribution in [-0.2, 0) is 18.5 Å². The van der Waals surface area contributed by atoms with Crippen molar-refractivity contribution in [3.63, 3.8) is 0 Å². The zero-order chi connectivity index (χ0) is 24.8. The van der Waals surface area contributed by atoms with Crippen molar-refractivity contribution < 1.29 is 22.7 Å². The summed E-state index contributed by atoms with van der Waals surface area (Å²) < 4.78 is 46.7. The number of hydrogen-bond donors (Lipinski definition) is 1. The molecule has 10 heteroatoms. The van der Waals surface area contributed by atoms with E-state index >= 15 is 0 Å². The summed E-state index contributed by atoms with van der Waals surface area (Å²) in [6, 6.07) is 21.1. The number of nitrogens with zero attached hydrogens (tertiary/aromatic N) is 3. The van der Waals surface area contributed by atoms with Crippen molar-refractivity contribution in [3.8, 4) is 11.4 Å². The molecule has 1 heterocycles. The summed E-state index contributed by atoms with van der Waals surface area (Å²) in [5.74, 6) is 1.12. The van der Waals surface area contributed by atoms with Crippen LogP contribution < -0.4 is 10.1 Å². The van der Waals surface area contributed by atoms with Crippen LogP contribution in [0.25, 0.3) is 5.69 Å². The Balaban J connectivity index is 1.61. The highest BCUT2D eigenvalue weighted by atomic mass is 32.2. The van der Waals surface area contributed by atoms with Crippen LogP contribution in [0.15, 0.2) is 84.0 Å². The van der Waals surface area contributed by atoms with Gasteiger partial charge < -0.3 is 10.1 Å². The second-order valence-corrected chi connectivity index (χ2v) is 8.41. The van der Waals surface area contributed by atoms with Crippen molar-refractivity contribution in [2.45, 2.75) is 23.6 Å². The number of rotatable bonds is 8. The van der Waals surface area contributed by atoms with Crippen molar-refractivity contribution in [2.75, 3.05) is 7.11 Å². The molecule has 180 valence electrons. The maximum atomic E-state index is 13.4. The number of nitrogens with one attached hydrogen (secondary N) is 1. The molecule has 35 heavy (non-hydrogen) atoms. The first-order valence-electron chi connectivity index (χ1n) is 10.6. The average molecular weight is 499 g/mol. The molecule has 0 atom stereocenters. The smallest absolute Gasteiger partial charge is 0.416 e. The lowest BCUT2D eigenvalue weighted by Gasteiger charge is -2.13. The normalized spacial score (nSPS) is 11.3. The predicted molar refractivity (Wildman–Crippen MR) is 127 cm³/mol. The minimum Gasteiger partial charge on any atom is -0.497 e. The molecule has 1 amide bonds. The third-order valence-corrected chi connectivity index (χ3v) is 6.10. The predicted octanol–water partition coefficient (Wildman–Crippen LogP) is 5.52. The first-order chi connectivity index (χ1) is 16.8. The zero-order valence-electron chi connectivity index (χ0n) is 18.6. The van der Waals surface area contributed by atoms with E-state index in [9.17, 15) is 18.0 Å². The first-order valence-corrected chi connectivity index (χ1v) is 11.5. The lowest BCUT2D eigenvalue weighted by atomic mass is 10.2. The maximum Gasteiger partial charge on any atom is 0.416 e. The monoisotopic (exact) mass is 498 g/mol. The van der Waals surface area contributed by atoms with E-state index < -0.39 is 11.7 Å². The maximum absolute atomic E-state index is 13.4. The zero-order valence-corrected chi connectivity index (χ0v) is 19.4. The van der Waals surface area contributed by atoms with Gasteiger partial charge in [-0.05, 0) is 48.0 Å². The molecule has 0 bridgehead atoms. The van der Waals surface area contributed by atoms with Gasteiger partial charge in [-0.15, -0.1) is 10.2 Å². The Bertz CT molecular complexity index is 1290. The van der Waals surface area contributed by atoms with Crippen LogP contribution in [0.1, 0.15) is 27.3 Å². The molecule has 0 radical (unpaired) electrons. The van der Waals surface area contributed by atoms with Crippen LogP contribution >= 0.6 is 11.8 Å². The third-order valence-electron chi connectivity index (χ3n) is 5.10. The van der Waals surface area contributed by atoms with Gasteiger partial charge >= 0.3 is 6.18 Å². The summed E-state index contributed by atoms with van der Waals surface area (Å²) in [6.45, 7) is -0.0278. The van der Waals surface area contributed by atoms with Gasteiger partial charge in [-0.3, -0.25) is 9.36 Å². The Labute approximate surface area is 204 Å². The fraction of sp³-hybridized carbons (Fsp3) is 0.160. The first kappa shape index (κ1) is 24.3. The summed E-state index contributed by atoms with van der Waals surface area (Å²) in [7, 11) is 1.53. The largest absolute Gasteiger partial charge is 0.497 e. The van der Waals surface area contributed by atoms with Gasteiger partial charge in [0, 0.05) is 11.3 Å². The Morgan fingerprint density at radius 3 is 2.43 bits per heavy atom. The number of aromatic nitrogens is 3. The van der Waals surface area contributed by atoms with Crippen LogP contribution in [0.3, 0.4) is 0 Å². The number of amides is 1. The van der Waals surface area contributed by atoms with Crippen molar-refractivity contribution >= 4 is 17.7 Å². The molecule has 0 spiro atoms. The number of carbonyl (C=O) groups is 1. The topological polar surface area (TPSA) is 69.0 Å². The number of ether oxygens (including phenoxy) is 1. The van der Waals surface area contributed by atoms with Crippen LogP contribution in [0.2, 0.25) is 0 Å². The van der Waals surface area contributed by atoms with E-state index in [4.69, 9.17) is 4.74 Å². The summed E-state index contributed by atoms with van der Waals surface area (Å²) in [6.07, 6.45) is -4.50. The number of halogens is 3. The highest BCUT2D eigenvalue weighted by molar-refractivity contribution is 7.98. The molecule has 0 aliphatic heterocycles. The molecule has 4 aromatic rings. The number of benzene rings is 3. The number of thioether (sulfide) groups is 1. The van der Waals surface area contributed by atoms with Gasteiger partial charge in [0.1, 0.15) is 5.75 Å². The van der Waals surface area contributed by atoms with Crippen molar-refractivity contribution in [1.29, 1.82) is 0 Å². The van der Waals surface area contributed by atoms with Crippen LogP contribution in [0.4, 0.5) is 13.2 Å². The van der Waals surface area contributed by atoms with E-state index in [-0.39, 0.29) is 18.1 Å². The van der Waals surface area contributed by atoms with Gasteiger partial charge in [-0.2, -0.15) is 13.2 Å². The van der Waals surface area contributed by atoms with E-state index in [2.05, 4.69) is 15.5 Å². The van der Waals surface area contributed by atoms with Crippen molar-refractivity contribution in [1.82, 2.24) is 20.1 Å². The molecule has 1 aromatic heterocycles. The molecule has 0 aliphatic carbocycles. The SMILES string of the molecule is COc1ccc(C(=O)NCc2nnc(SCc3ccccc3)n2-c2cccc(C(F)(F)F)c2)cc1. The quantitative estimate of drug-likeness (QED) is 0.324. The van der Waals surface area contributed by atoms with Crippen molar-refractivity contribution in [2.24, 2.45) is 0 Å².